The number of Topliss-reactive ketones (excluding diaryl/α,β-unsaturated/α-hetero) is 1. The van der Waals surface area contributed by atoms with Gasteiger partial charge < -0.3 is 69.2 Å². The number of nitrogens with zero attached hydrogens (tertiary/aromatic N) is 4. The number of pyridine rings is 2. The van der Waals surface area contributed by atoms with Crippen LogP contribution in [-0.4, -0.2) is 172 Å². The van der Waals surface area contributed by atoms with Crippen LogP contribution in [0.1, 0.15) is 156 Å². The van der Waals surface area contributed by atoms with Gasteiger partial charge in [-0.1, -0.05) is 147 Å². The molecule has 6 N–H and O–H groups in total. The van der Waals surface area contributed by atoms with E-state index in [-0.39, 0.29) is 44.1 Å². The van der Waals surface area contributed by atoms with Crippen LogP contribution in [0.5, 0.6) is 11.5 Å². The lowest BCUT2D eigenvalue weighted by molar-refractivity contribution is -0.173. The summed E-state index contributed by atoms with van der Waals surface area (Å²) in [6.07, 6.45) is 9.38. The second kappa shape index (κ2) is 46.7. The number of ether oxygens (including phenoxy) is 5. The first-order valence-corrected chi connectivity index (χ1v) is 43.8. The Bertz CT molecular complexity index is 5190. The number of nitrogens with two attached hydrogens (primary N) is 1. The van der Waals surface area contributed by atoms with E-state index in [0.717, 1.165) is 118 Å². The molecule has 1 amide bonds. The van der Waals surface area contributed by atoms with Gasteiger partial charge in [0, 0.05) is 67.0 Å². The normalized spacial score (nSPS) is 16.2. The van der Waals surface area contributed by atoms with Gasteiger partial charge in [-0.05, 0) is 228 Å². The number of benzene rings is 7. The summed E-state index contributed by atoms with van der Waals surface area (Å²) in [4.78, 5) is 80.1. The molecule has 0 unspecified atom stereocenters. The number of carbonyl (C=O) groups excluding carboxylic acids is 5. The van der Waals surface area contributed by atoms with E-state index in [1.165, 1.54) is 124 Å². The van der Waals surface area contributed by atoms with Gasteiger partial charge in [0.1, 0.15) is 29.2 Å². The number of aliphatic carboxylic acids is 1. The Kier molecular flexibility index (Phi) is 37.2. The molecule has 3 saturated heterocycles. The number of aliphatic hydroxyl groups is 2. The van der Waals surface area contributed by atoms with Gasteiger partial charge in [0.15, 0.2) is 0 Å². The van der Waals surface area contributed by atoms with E-state index < -0.39 is 124 Å². The molecule has 5 fully saturated rings. The van der Waals surface area contributed by atoms with Crippen molar-refractivity contribution in [3.8, 4) is 34.0 Å². The fourth-order valence-corrected chi connectivity index (χ4v) is 13.7. The minimum atomic E-state index is -3.94. The molecule has 2 saturated carbocycles. The monoisotopic (exact) mass is 1960 g/mol. The Hall–Kier alpha value is -10.2. The van der Waals surface area contributed by atoms with Gasteiger partial charge in [-0.15, -0.1) is 0 Å². The van der Waals surface area contributed by atoms with Crippen LogP contribution in [0.2, 0.25) is 5.02 Å². The van der Waals surface area contributed by atoms with Crippen molar-refractivity contribution < 1.29 is 121 Å². The summed E-state index contributed by atoms with van der Waals surface area (Å²) < 4.78 is 175. The van der Waals surface area contributed by atoms with Crippen LogP contribution >= 0.6 is 43.5 Å². The molecule has 130 heavy (non-hydrogen) atoms. The highest BCUT2D eigenvalue weighted by atomic mass is 79.9. The highest BCUT2D eigenvalue weighted by molar-refractivity contribution is 9.10. The van der Waals surface area contributed by atoms with Crippen molar-refractivity contribution in [3.63, 3.8) is 0 Å². The third-order valence-corrected chi connectivity index (χ3v) is 22.7. The number of aromatic nitrogens is 2. The SMILES string of the molecule is CCOC(=O)C(=O)c1ccc(Br)cc1.CCOC(=O)C(F)(F)c1ccc(B2OC(C)(C)C(C)(C)O2)cc1.CCOC(=O)C(F)(F)c1ccc(Br)cc1.N[C@H](CN1CCCC1)[C@H](O)c1ccc(OC2CC2)c(Cl)c1.O=C(N[C@H](CN1CCCC1)[C@H](O)c1ccc(OC2CC2)cc1)C(F)(F)c1ccc(-c2ccc(F)cn2)cc1.O=C(O)C(F)(F)c1ccc(-c2ccc(F)cn2)cc1. The van der Waals surface area contributed by atoms with Crippen LogP contribution in [0.3, 0.4) is 0 Å². The number of carbonyl (C=O) groups is 6. The Labute approximate surface area is 768 Å². The third-order valence-electron chi connectivity index (χ3n) is 21.3. The van der Waals surface area contributed by atoms with Crippen molar-refractivity contribution in [1.29, 1.82) is 0 Å². The number of rotatable bonds is 29. The second-order valence-electron chi connectivity index (χ2n) is 31.7. The molecule has 2 aliphatic carbocycles. The standard InChI is InChI=1S/C29H30F3N3O3.C16H21BF2O4.C16H23ClN2O2.C13H8F3NO2.C10H9BrF2O2.C10H9BrO3/c30-22-9-14-25(33-17-22)19-3-7-21(8-4-19)29(31,32)28(37)34-26(18-35-15-1-2-16-35)27(36)20-5-10-23(11-6-20)38-24-12-13-24;1-6-21-13(20)16(18,19)11-7-9-12(10-8-11)17-22-14(2,3)15(4,5)23-17;17-13-9-11(3-6-15(13)21-12-4-5-12)16(20)14(18)10-19-7-1-2-8-19;14-10-5-6-11(17-7-10)8-1-3-9(4-2-8)13(15,16)12(18)19;1-2-15-9(14)10(12,13)7-3-5-8(11)6-4-7;1-2-14-10(13)9(12)7-3-5-8(11)6-4-7/h3-11,14,17,24,26-27,36H,1-2,12-13,15-16,18H2,(H,34,37);7-10H,6H2,1-5H3;3,6,9,12,14,16,20H,1-2,4-5,7-8,10,18H2;1-7H,(H,18,19);3-6H,2H2,1H3;3-6H,2H2,1H3/t26-,27-;;14-,16-;;;/m1.1.../s1. The van der Waals surface area contributed by atoms with E-state index in [9.17, 15) is 74.1 Å². The van der Waals surface area contributed by atoms with Crippen molar-refractivity contribution in [2.24, 2.45) is 5.73 Å². The van der Waals surface area contributed by atoms with E-state index in [1.54, 1.807) is 61.5 Å². The highest BCUT2D eigenvalue weighted by Gasteiger charge is 2.53. The number of alkyl halides is 8. The minimum absolute atomic E-state index is 0.0645. The van der Waals surface area contributed by atoms with Crippen molar-refractivity contribution >= 4 is 91.6 Å². The Morgan fingerprint density at radius 3 is 1.36 bits per heavy atom. The minimum Gasteiger partial charge on any atom is -0.490 e. The van der Waals surface area contributed by atoms with Crippen molar-refractivity contribution in [1.82, 2.24) is 25.1 Å². The van der Waals surface area contributed by atoms with E-state index in [1.807, 2.05) is 39.8 Å². The largest absolute Gasteiger partial charge is 0.494 e. The van der Waals surface area contributed by atoms with E-state index in [4.69, 9.17) is 41.2 Å². The number of hydrogen-bond donors (Lipinski definition) is 5. The predicted molar refractivity (Wildman–Crippen MR) is 474 cm³/mol. The summed E-state index contributed by atoms with van der Waals surface area (Å²) >= 11 is 12.6. The van der Waals surface area contributed by atoms with Crippen LogP contribution in [0, 0.1) is 11.6 Å². The molecule has 5 aliphatic rings. The Balaban J connectivity index is 0.000000183. The number of ketones is 1. The molecular formula is C94H100BBr2ClF10N6O16. The average Bonchev–Trinajstić information content (AvgIpc) is 1.63. The summed E-state index contributed by atoms with van der Waals surface area (Å²) in [7, 11) is -0.634. The van der Waals surface area contributed by atoms with Crippen molar-refractivity contribution in [2.75, 3.05) is 59.1 Å². The molecule has 0 radical (unpaired) electrons. The smallest absolute Gasteiger partial charge is 0.490 e. The maximum Gasteiger partial charge on any atom is 0.494 e. The summed E-state index contributed by atoms with van der Waals surface area (Å²) in [5.74, 6) is -22.8. The second-order valence-corrected chi connectivity index (χ2v) is 34.0. The summed E-state index contributed by atoms with van der Waals surface area (Å²) in [5.41, 5.74) is 7.29. The lowest BCUT2D eigenvalue weighted by Crippen LogP contribution is -2.50. The molecular weight excluding hydrogens is 1870 g/mol. The lowest BCUT2D eigenvalue weighted by atomic mass is 9.78. The molecule has 0 bridgehead atoms. The van der Waals surface area contributed by atoms with Crippen molar-refractivity contribution in [2.45, 2.75) is 171 Å². The van der Waals surface area contributed by atoms with Crippen LogP contribution in [-0.2, 0) is 71.2 Å². The molecule has 696 valence electrons. The molecule has 4 atom stereocenters. The van der Waals surface area contributed by atoms with E-state index in [0.29, 0.717) is 66.2 Å². The number of halogens is 13. The first-order valence-electron chi connectivity index (χ1n) is 41.8. The van der Waals surface area contributed by atoms with Gasteiger partial charge in [-0.3, -0.25) is 19.6 Å². The zero-order valence-electron chi connectivity index (χ0n) is 72.0. The molecule has 14 rings (SSSR count). The number of esters is 3. The Morgan fingerprint density at radius 1 is 0.531 bits per heavy atom. The van der Waals surface area contributed by atoms with Gasteiger partial charge in [0.25, 0.3) is 11.7 Å². The summed E-state index contributed by atoms with van der Waals surface area (Å²) in [6, 6.07) is 43.3. The molecule has 22 nitrogen and oxygen atoms in total. The third kappa shape index (κ3) is 29.1. The van der Waals surface area contributed by atoms with E-state index in [2.05, 4.69) is 71.2 Å². The molecule has 5 heterocycles. The molecule has 36 heteroatoms. The zero-order chi connectivity index (χ0) is 95.1. The first kappa shape index (κ1) is 104. The molecule has 0 spiro atoms. The number of likely N-dealkylation sites (tertiary alicyclic amines) is 2. The van der Waals surface area contributed by atoms with Crippen molar-refractivity contribution in [3.05, 3.63) is 265 Å². The van der Waals surface area contributed by atoms with Gasteiger partial charge in [0.05, 0.1) is 84.2 Å². The molecule has 7 aromatic carbocycles. The summed E-state index contributed by atoms with van der Waals surface area (Å²) in [6.45, 7) is 17.0. The van der Waals surface area contributed by atoms with E-state index >= 15 is 8.78 Å². The number of amides is 1. The number of carboxylic acids is 1. The van der Waals surface area contributed by atoms with Crippen LogP contribution in [0.4, 0.5) is 43.9 Å². The molecule has 3 aliphatic heterocycles. The number of hydrogen-bond acceptors (Lipinski definition) is 20. The van der Waals surface area contributed by atoms with Gasteiger partial charge in [-0.2, -0.15) is 35.1 Å². The summed E-state index contributed by atoms with van der Waals surface area (Å²) in [5, 5.41) is 32.9. The fraction of sp³-hybridized carbons (Fsp3) is 0.383. The lowest BCUT2D eigenvalue weighted by Gasteiger charge is -2.32. The zero-order valence-corrected chi connectivity index (χ0v) is 76.0. The Morgan fingerprint density at radius 2 is 0.938 bits per heavy atom. The quantitative estimate of drug-likeness (QED) is 0.00726. The van der Waals surface area contributed by atoms with Crippen LogP contribution in [0.15, 0.2) is 209 Å². The number of carboxylic acid groups (broad SMARTS) is 1. The molecule has 9 aromatic rings. The first-order chi connectivity index (χ1) is 61.5. The van der Waals surface area contributed by atoms with Gasteiger partial charge in [0.2, 0.25) is 0 Å². The predicted octanol–water partition coefficient (Wildman–Crippen LogP) is 18.2. The average molecular weight is 1970 g/mol. The van der Waals surface area contributed by atoms with Gasteiger partial charge in [-0.25, -0.2) is 28.0 Å². The highest BCUT2D eigenvalue weighted by Crippen LogP contribution is 2.40. The van der Waals surface area contributed by atoms with Crippen LogP contribution < -0.4 is 26.0 Å². The van der Waals surface area contributed by atoms with Crippen LogP contribution in [0.25, 0.3) is 22.5 Å². The maximum absolute atomic E-state index is 15.3. The topological polar surface area (TPSA) is 298 Å². The fourth-order valence-electron chi connectivity index (χ4n) is 13.0. The van der Waals surface area contributed by atoms with Gasteiger partial charge >= 0.3 is 54.7 Å². The molecule has 2 aromatic heterocycles. The number of nitrogens with one attached hydrogen (secondary N) is 1. The maximum atomic E-state index is 15.3. The number of aliphatic hydroxyl groups excluding tert-OH is 2.